The molecule has 0 saturated heterocycles. The van der Waals surface area contributed by atoms with Crippen molar-refractivity contribution in [3.05, 3.63) is 59.7 Å². The molecule has 0 unspecified atom stereocenters. The molecule has 5 nitrogen and oxygen atoms in total. The SMILES string of the molecule is O=C(O)CC[C@H]1CCCC[C@H]1NC(=O)OCC1c2ccccc2-c2ccccc21. The number of aliphatic carboxylic acids is 1. The van der Waals surface area contributed by atoms with Gasteiger partial charge in [0.2, 0.25) is 0 Å². The molecule has 1 amide bonds. The van der Waals surface area contributed by atoms with Crippen molar-refractivity contribution in [2.45, 2.75) is 50.5 Å². The minimum Gasteiger partial charge on any atom is -0.481 e. The molecule has 2 aliphatic carbocycles. The average molecular weight is 393 g/mol. The molecule has 2 N–H and O–H groups in total. The molecule has 0 bridgehead atoms. The van der Waals surface area contributed by atoms with Crippen molar-refractivity contribution in [1.82, 2.24) is 5.32 Å². The highest BCUT2D eigenvalue weighted by molar-refractivity contribution is 5.79. The van der Waals surface area contributed by atoms with Gasteiger partial charge in [0.1, 0.15) is 6.61 Å². The highest BCUT2D eigenvalue weighted by Gasteiger charge is 2.30. The zero-order valence-electron chi connectivity index (χ0n) is 16.5. The van der Waals surface area contributed by atoms with Gasteiger partial charge in [-0.05, 0) is 47.4 Å². The van der Waals surface area contributed by atoms with Crippen LogP contribution in [0, 0.1) is 5.92 Å². The third-order valence-electron chi connectivity index (χ3n) is 6.28. The molecular formula is C24H27NO4. The number of nitrogens with one attached hydrogen (secondary N) is 1. The smallest absolute Gasteiger partial charge is 0.407 e. The average Bonchev–Trinajstić information content (AvgIpc) is 3.05. The number of hydrogen-bond donors (Lipinski definition) is 2. The molecule has 1 saturated carbocycles. The second kappa shape index (κ2) is 8.68. The molecule has 0 spiro atoms. The first-order chi connectivity index (χ1) is 14.1. The number of carbonyl (C=O) groups excluding carboxylic acids is 1. The van der Waals surface area contributed by atoms with Crippen LogP contribution in [0.2, 0.25) is 0 Å². The molecular weight excluding hydrogens is 366 g/mol. The summed E-state index contributed by atoms with van der Waals surface area (Å²) in [5.74, 6) is -0.530. The number of carbonyl (C=O) groups is 2. The van der Waals surface area contributed by atoms with Gasteiger partial charge in [-0.2, -0.15) is 0 Å². The van der Waals surface area contributed by atoms with E-state index >= 15 is 0 Å². The minimum atomic E-state index is -0.782. The van der Waals surface area contributed by atoms with Crippen LogP contribution in [0.3, 0.4) is 0 Å². The van der Waals surface area contributed by atoms with Crippen molar-refractivity contribution in [3.63, 3.8) is 0 Å². The number of carboxylic acid groups (broad SMARTS) is 1. The molecule has 2 aliphatic rings. The predicted molar refractivity (Wildman–Crippen MR) is 111 cm³/mol. The van der Waals surface area contributed by atoms with E-state index in [1.807, 2.05) is 24.3 Å². The zero-order chi connectivity index (χ0) is 20.2. The lowest BCUT2D eigenvalue weighted by Gasteiger charge is -2.31. The van der Waals surface area contributed by atoms with Gasteiger partial charge in [-0.1, -0.05) is 61.4 Å². The molecule has 0 radical (unpaired) electrons. The van der Waals surface area contributed by atoms with E-state index in [1.54, 1.807) is 0 Å². The number of carboxylic acids is 1. The summed E-state index contributed by atoms with van der Waals surface area (Å²) < 4.78 is 5.65. The largest absolute Gasteiger partial charge is 0.481 e. The number of rotatable bonds is 6. The Kier molecular flexibility index (Phi) is 5.84. The Bertz CT molecular complexity index is 848. The van der Waals surface area contributed by atoms with Gasteiger partial charge in [0.25, 0.3) is 0 Å². The summed E-state index contributed by atoms with van der Waals surface area (Å²) in [6, 6.07) is 16.5. The molecule has 0 heterocycles. The van der Waals surface area contributed by atoms with E-state index in [-0.39, 0.29) is 24.3 Å². The number of ether oxygens (including phenoxy) is 1. The lowest BCUT2D eigenvalue weighted by Crippen LogP contribution is -2.42. The van der Waals surface area contributed by atoms with Crippen LogP contribution in [0.1, 0.15) is 55.6 Å². The highest BCUT2D eigenvalue weighted by atomic mass is 16.5. The summed E-state index contributed by atoms with van der Waals surface area (Å²) in [6.07, 6.45) is 4.33. The zero-order valence-corrected chi connectivity index (χ0v) is 16.5. The van der Waals surface area contributed by atoms with Gasteiger partial charge in [-0.15, -0.1) is 0 Å². The Morgan fingerprint density at radius 1 is 0.966 bits per heavy atom. The molecule has 2 aromatic rings. The summed E-state index contributed by atoms with van der Waals surface area (Å²) in [4.78, 5) is 23.4. The van der Waals surface area contributed by atoms with Crippen LogP contribution < -0.4 is 5.32 Å². The molecule has 0 aromatic heterocycles. The van der Waals surface area contributed by atoms with Crippen LogP contribution in [0.25, 0.3) is 11.1 Å². The Balaban J connectivity index is 1.39. The van der Waals surface area contributed by atoms with Gasteiger partial charge in [-0.25, -0.2) is 4.79 Å². The molecule has 1 fully saturated rings. The molecule has 2 atom stereocenters. The number of fused-ring (bicyclic) bond motifs is 3. The van der Waals surface area contributed by atoms with Gasteiger partial charge >= 0.3 is 12.1 Å². The van der Waals surface area contributed by atoms with Crippen LogP contribution in [0.5, 0.6) is 0 Å². The van der Waals surface area contributed by atoms with Crippen LogP contribution in [-0.2, 0) is 9.53 Å². The van der Waals surface area contributed by atoms with Crippen LogP contribution in [-0.4, -0.2) is 29.8 Å². The fourth-order valence-corrected chi connectivity index (χ4v) is 4.84. The number of hydrogen-bond acceptors (Lipinski definition) is 3. The first kappa shape index (κ1) is 19.5. The topological polar surface area (TPSA) is 75.6 Å². The summed E-state index contributed by atoms with van der Waals surface area (Å²) in [7, 11) is 0. The van der Waals surface area contributed by atoms with Crippen molar-refractivity contribution in [2.75, 3.05) is 6.61 Å². The Morgan fingerprint density at radius 2 is 1.59 bits per heavy atom. The lowest BCUT2D eigenvalue weighted by atomic mass is 9.82. The standard InChI is InChI=1S/C24H27NO4/c26-23(27)14-13-16-7-1-6-12-22(16)25-24(28)29-15-21-19-10-4-2-8-17(19)18-9-3-5-11-20(18)21/h2-5,8-11,16,21-22H,1,6-7,12-15H2,(H,25,28)(H,26,27)/t16-,22-/m1/s1. The van der Waals surface area contributed by atoms with Gasteiger partial charge < -0.3 is 15.2 Å². The monoisotopic (exact) mass is 393 g/mol. The van der Waals surface area contributed by atoms with E-state index in [0.29, 0.717) is 13.0 Å². The second-order valence-electron chi connectivity index (χ2n) is 8.05. The molecule has 0 aliphatic heterocycles. The first-order valence-electron chi connectivity index (χ1n) is 10.5. The molecule has 4 rings (SSSR count). The number of amides is 1. The first-order valence-corrected chi connectivity index (χ1v) is 10.5. The second-order valence-corrected chi connectivity index (χ2v) is 8.05. The van der Waals surface area contributed by atoms with Crippen LogP contribution in [0.15, 0.2) is 48.5 Å². The maximum Gasteiger partial charge on any atom is 0.407 e. The van der Waals surface area contributed by atoms with Crippen molar-refractivity contribution in [3.8, 4) is 11.1 Å². The number of alkyl carbamates (subject to hydrolysis) is 1. The Labute approximate surface area is 171 Å². The van der Waals surface area contributed by atoms with E-state index < -0.39 is 12.1 Å². The Hall–Kier alpha value is -2.82. The molecule has 5 heteroatoms. The fourth-order valence-electron chi connectivity index (χ4n) is 4.84. The van der Waals surface area contributed by atoms with Crippen LogP contribution in [0.4, 0.5) is 4.79 Å². The van der Waals surface area contributed by atoms with Crippen molar-refractivity contribution in [1.29, 1.82) is 0 Å². The van der Waals surface area contributed by atoms with Crippen LogP contribution >= 0.6 is 0 Å². The maximum absolute atomic E-state index is 12.5. The predicted octanol–water partition coefficient (Wildman–Crippen LogP) is 4.95. The quantitative estimate of drug-likeness (QED) is 0.728. The van der Waals surface area contributed by atoms with Gasteiger partial charge in [-0.3, -0.25) is 4.79 Å². The molecule has 152 valence electrons. The summed E-state index contributed by atoms with van der Waals surface area (Å²) in [5.41, 5.74) is 4.80. The highest BCUT2D eigenvalue weighted by Crippen LogP contribution is 2.44. The maximum atomic E-state index is 12.5. The van der Waals surface area contributed by atoms with Crippen molar-refractivity contribution in [2.24, 2.45) is 5.92 Å². The van der Waals surface area contributed by atoms with E-state index in [0.717, 1.165) is 25.7 Å². The van der Waals surface area contributed by atoms with Crippen molar-refractivity contribution >= 4 is 12.1 Å². The molecule has 2 aromatic carbocycles. The Morgan fingerprint density at radius 3 is 2.24 bits per heavy atom. The third-order valence-corrected chi connectivity index (χ3v) is 6.28. The summed E-state index contributed by atoms with van der Waals surface area (Å²) in [5, 5.41) is 12.0. The lowest BCUT2D eigenvalue weighted by molar-refractivity contribution is -0.137. The van der Waals surface area contributed by atoms with Gasteiger partial charge in [0.05, 0.1) is 0 Å². The summed E-state index contributed by atoms with van der Waals surface area (Å²) in [6.45, 7) is 0.298. The van der Waals surface area contributed by atoms with Gasteiger partial charge in [0.15, 0.2) is 0 Å². The van der Waals surface area contributed by atoms with E-state index in [2.05, 4.69) is 29.6 Å². The minimum absolute atomic E-state index is 0.00116. The normalized spacial score (nSPS) is 20.6. The number of benzene rings is 2. The third kappa shape index (κ3) is 4.29. The molecule has 29 heavy (non-hydrogen) atoms. The summed E-state index contributed by atoms with van der Waals surface area (Å²) >= 11 is 0. The van der Waals surface area contributed by atoms with Gasteiger partial charge in [0, 0.05) is 18.4 Å². The van der Waals surface area contributed by atoms with Crippen molar-refractivity contribution < 1.29 is 19.4 Å². The van der Waals surface area contributed by atoms with E-state index in [9.17, 15) is 9.59 Å². The van der Waals surface area contributed by atoms with E-state index in [1.165, 1.54) is 22.3 Å². The fraction of sp³-hybridized carbons (Fsp3) is 0.417. The van der Waals surface area contributed by atoms with E-state index in [4.69, 9.17) is 9.84 Å².